The number of aromatic nitrogens is 4. The number of hydrogen-bond donors (Lipinski definition) is 0. The monoisotopic (exact) mass is 366 g/mol. The summed E-state index contributed by atoms with van der Waals surface area (Å²) in [5.74, 6) is 1.71. The SMILES string of the molecule is CCSc1nc(-c2ccccc2)n2nc(-c3ccc(Cl)cc3)cc2n1. The van der Waals surface area contributed by atoms with E-state index in [2.05, 4.69) is 11.9 Å². The minimum absolute atomic E-state index is 0.707. The van der Waals surface area contributed by atoms with Crippen molar-refractivity contribution < 1.29 is 0 Å². The van der Waals surface area contributed by atoms with Crippen LogP contribution in [-0.4, -0.2) is 25.3 Å². The van der Waals surface area contributed by atoms with Gasteiger partial charge in [-0.1, -0.05) is 72.8 Å². The maximum absolute atomic E-state index is 5.99. The van der Waals surface area contributed by atoms with Crippen molar-refractivity contribution in [2.75, 3.05) is 5.75 Å². The number of nitrogens with zero attached hydrogens (tertiary/aromatic N) is 4. The van der Waals surface area contributed by atoms with Crippen LogP contribution in [0.5, 0.6) is 0 Å². The maximum Gasteiger partial charge on any atom is 0.191 e. The van der Waals surface area contributed by atoms with Gasteiger partial charge in [0, 0.05) is 22.2 Å². The van der Waals surface area contributed by atoms with Gasteiger partial charge in [0.1, 0.15) is 0 Å². The third kappa shape index (κ3) is 3.25. The summed E-state index contributed by atoms with van der Waals surface area (Å²) in [6.45, 7) is 2.09. The zero-order valence-electron chi connectivity index (χ0n) is 13.6. The minimum Gasteiger partial charge on any atom is -0.203 e. The molecule has 4 aromatic rings. The highest BCUT2D eigenvalue weighted by atomic mass is 35.5. The van der Waals surface area contributed by atoms with Crippen molar-refractivity contribution in [2.45, 2.75) is 12.1 Å². The molecule has 2 heterocycles. The predicted octanol–water partition coefficient (Wildman–Crippen LogP) is 5.22. The first-order valence-corrected chi connectivity index (χ1v) is 9.33. The van der Waals surface area contributed by atoms with E-state index in [1.807, 2.05) is 60.7 Å². The second-order valence-corrected chi connectivity index (χ2v) is 7.10. The van der Waals surface area contributed by atoms with Gasteiger partial charge in [-0.3, -0.25) is 0 Å². The molecular formula is C19H15ClN4S. The predicted molar refractivity (Wildman–Crippen MR) is 103 cm³/mol. The summed E-state index contributed by atoms with van der Waals surface area (Å²) in [5.41, 5.74) is 3.65. The van der Waals surface area contributed by atoms with Gasteiger partial charge in [0.25, 0.3) is 0 Å². The van der Waals surface area contributed by atoms with Crippen LogP contribution < -0.4 is 0 Å². The Morgan fingerprint density at radius 2 is 1.72 bits per heavy atom. The Morgan fingerprint density at radius 1 is 0.960 bits per heavy atom. The molecule has 2 aromatic carbocycles. The van der Waals surface area contributed by atoms with Crippen molar-refractivity contribution >= 4 is 29.0 Å². The first-order chi connectivity index (χ1) is 12.2. The third-order valence-corrected chi connectivity index (χ3v) is 4.73. The molecule has 0 bridgehead atoms. The van der Waals surface area contributed by atoms with Gasteiger partial charge in [-0.15, -0.1) is 0 Å². The fraction of sp³-hybridized carbons (Fsp3) is 0.105. The van der Waals surface area contributed by atoms with Gasteiger partial charge >= 0.3 is 0 Å². The number of benzene rings is 2. The van der Waals surface area contributed by atoms with Crippen LogP contribution in [0.1, 0.15) is 6.92 Å². The van der Waals surface area contributed by atoms with Crippen LogP contribution in [0.3, 0.4) is 0 Å². The molecule has 4 rings (SSSR count). The molecule has 0 spiro atoms. The molecule has 6 heteroatoms. The van der Waals surface area contributed by atoms with E-state index in [4.69, 9.17) is 21.7 Å². The van der Waals surface area contributed by atoms with Crippen molar-refractivity contribution in [3.8, 4) is 22.6 Å². The average molecular weight is 367 g/mol. The molecule has 0 atom stereocenters. The van der Waals surface area contributed by atoms with E-state index in [1.54, 1.807) is 16.3 Å². The molecule has 0 saturated heterocycles. The average Bonchev–Trinajstić information content (AvgIpc) is 3.07. The van der Waals surface area contributed by atoms with E-state index in [9.17, 15) is 0 Å². The summed E-state index contributed by atoms with van der Waals surface area (Å²) < 4.78 is 1.80. The van der Waals surface area contributed by atoms with Crippen LogP contribution in [0.25, 0.3) is 28.3 Å². The largest absolute Gasteiger partial charge is 0.203 e. The smallest absolute Gasteiger partial charge is 0.191 e. The van der Waals surface area contributed by atoms with E-state index < -0.39 is 0 Å². The Labute approximate surface area is 154 Å². The van der Waals surface area contributed by atoms with Crippen LogP contribution in [0, 0.1) is 0 Å². The fourth-order valence-electron chi connectivity index (χ4n) is 2.60. The van der Waals surface area contributed by atoms with Gasteiger partial charge in [0.2, 0.25) is 0 Å². The first-order valence-electron chi connectivity index (χ1n) is 7.96. The summed E-state index contributed by atoms with van der Waals surface area (Å²) in [5, 5.41) is 6.20. The minimum atomic E-state index is 0.707. The first kappa shape index (κ1) is 16.1. The Bertz CT molecular complexity index is 1010. The Balaban J connectivity index is 1.91. The lowest BCUT2D eigenvalue weighted by atomic mass is 10.2. The van der Waals surface area contributed by atoms with E-state index in [1.165, 1.54) is 0 Å². The zero-order chi connectivity index (χ0) is 17.2. The molecule has 2 aromatic heterocycles. The molecule has 0 saturated carbocycles. The van der Waals surface area contributed by atoms with E-state index >= 15 is 0 Å². The van der Waals surface area contributed by atoms with Gasteiger partial charge in [0.15, 0.2) is 16.6 Å². The maximum atomic E-state index is 5.99. The fourth-order valence-corrected chi connectivity index (χ4v) is 3.29. The molecule has 0 N–H and O–H groups in total. The van der Waals surface area contributed by atoms with E-state index in [-0.39, 0.29) is 0 Å². The van der Waals surface area contributed by atoms with Crippen molar-refractivity contribution in [1.82, 2.24) is 19.6 Å². The number of hydrogen-bond acceptors (Lipinski definition) is 4. The molecule has 25 heavy (non-hydrogen) atoms. The Morgan fingerprint density at radius 3 is 2.44 bits per heavy atom. The van der Waals surface area contributed by atoms with Gasteiger partial charge in [-0.05, 0) is 17.9 Å². The Hall–Kier alpha value is -2.37. The highest BCUT2D eigenvalue weighted by Crippen LogP contribution is 2.26. The van der Waals surface area contributed by atoms with E-state index in [0.29, 0.717) is 5.02 Å². The lowest BCUT2D eigenvalue weighted by Crippen LogP contribution is -2.02. The van der Waals surface area contributed by atoms with Crippen LogP contribution in [0.15, 0.2) is 65.8 Å². The van der Waals surface area contributed by atoms with Crippen LogP contribution >= 0.6 is 23.4 Å². The number of fused-ring (bicyclic) bond motifs is 1. The lowest BCUT2D eigenvalue weighted by Gasteiger charge is -2.06. The molecular weight excluding hydrogens is 352 g/mol. The number of thioether (sulfide) groups is 1. The molecule has 0 aliphatic carbocycles. The Kier molecular flexibility index (Phi) is 4.42. The van der Waals surface area contributed by atoms with Gasteiger partial charge in [-0.2, -0.15) is 9.61 Å². The lowest BCUT2D eigenvalue weighted by molar-refractivity contribution is 0.848. The molecule has 0 fully saturated rings. The summed E-state index contributed by atoms with van der Waals surface area (Å²) in [7, 11) is 0. The van der Waals surface area contributed by atoms with Gasteiger partial charge in [0.05, 0.1) is 5.69 Å². The highest BCUT2D eigenvalue weighted by Gasteiger charge is 2.13. The quantitative estimate of drug-likeness (QED) is 0.464. The van der Waals surface area contributed by atoms with Crippen molar-refractivity contribution in [3.63, 3.8) is 0 Å². The number of halogens is 1. The number of rotatable bonds is 4. The molecule has 0 aliphatic rings. The standard InChI is InChI=1S/C19H15ClN4S/c1-2-25-19-21-17-12-16(13-8-10-15(20)11-9-13)23-24(17)18(22-19)14-6-4-3-5-7-14/h3-12H,2H2,1H3. The molecule has 0 amide bonds. The summed E-state index contributed by atoms with van der Waals surface area (Å²) in [6.07, 6.45) is 0. The van der Waals surface area contributed by atoms with Gasteiger partial charge < -0.3 is 0 Å². The second-order valence-electron chi connectivity index (χ2n) is 5.44. The normalized spacial score (nSPS) is 11.1. The van der Waals surface area contributed by atoms with Crippen molar-refractivity contribution in [2.24, 2.45) is 0 Å². The van der Waals surface area contributed by atoms with Gasteiger partial charge in [-0.25, -0.2) is 9.97 Å². The molecule has 0 unspecified atom stereocenters. The second kappa shape index (κ2) is 6.86. The van der Waals surface area contributed by atoms with Crippen LogP contribution in [0.4, 0.5) is 0 Å². The topological polar surface area (TPSA) is 43.1 Å². The molecule has 4 nitrogen and oxygen atoms in total. The van der Waals surface area contributed by atoms with Crippen LogP contribution in [0.2, 0.25) is 5.02 Å². The highest BCUT2D eigenvalue weighted by molar-refractivity contribution is 7.99. The molecule has 124 valence electrons. The summed E-state index contributed by atoms with van der Waals surface area (Å²) in [6, 6.07) is 19.7. The van der Waals surface area contributed by atoms with Crippen molar-refractivity contribution in [3.05, 3.63) is 65.7 Å². The summed E-state index contributed by atoms with van der Waals surface area (Å²) in [4.78, 5) is 9.35. The third-order valence-electron chi connectivity index (χ3n) is 3.75. The van der Waals surface area contributed by atoms with Crippen molar-refractivity contribution in [1.29, 1.82) is 0 Å². The summed E-state index contributed by atoms with van der Waals surface area (Å²) >= 11 is 7.61. The van der Waals surface area contributed by atoms with E-state index in [0.717, 1.165) is 39.2 Å². The zero-order valence-corrected chi connectivity index (χ0v) is 15.1. The van der Waals surface area contributed by atoms with Crippen LogP contribution in [-0.2, 0) is 0 Å². The molecule has 0 aliphatic heterocycles. The molecule has 0 radical (unpaired) electrons.